The van der Waals surface area contributed by atoms with Crippen molar-refractivity contribution in [2.75, 3.05) is 13.1 Å². The van der Waals surface area contributed by atoms with E-state index in [0.717, 1.165) is 0 Å². The van der Waals surface area contributed by atoms with Crippen LogP contribution in [0.15, 0.2) is 0 Å². The predicted octanol–water partition coefficient (Wildman–Crippen LogP) is 1.85. The van der Waals surface area contributed by atoms with E-state index < -0.39 is 11.9 Å². The second kappa shape index (κ2) is 5.52. The van der Waals surface area contributed by atoms with Crippen LogP contribution in [0.3, 0.4) is 0 Å². The molecule has 0 radical (unpaired) electrons. The Balaban J connectivity index is 2.70. The van der Waals surface area contributed by atoms with Crippen molar-refractivity contribution in [1.29, 1.82) is 0 Å². The van der Waals surface area contributed by atoms with Gasteiger partial charge in [0.25, 0.3) is 0 Å². The lowest BCUT2D eigenvalue weighted by atomic mass is 9.88. The zero-order chi connectivity index (χ0) is 13.2. The van der Waals surface area contributed by atoms with E-state index in [1.54, 1.807) is 4.90 Å². The molecule has 0 aromatic carbocycles. The number of carbonyl (C=O) groups excluding carboxylic acids is 1. The molecule has 4 heteroatoms. The van der Waals surface area contributed by atoms with E-state index in [0.29, 0.717) is 25.4 Å². The van der Waals surface area contributed by atoms with Crippen LogP contribution in [0.5, 0.6) is 0 Å². The van der Waals surface area contributed by atoms with Crippen LogP contribution < -0.4 is 0 Å². The summed E-state index contributed by atoms with van der Waals surface area (Å²) < 4.78 is 0. The smallest absolute Gasteiger partial charge is 0.308 e. The fourth-order valence-corrected chi connectivity index (χ4v) is 2.28. The standard InChI is InChI=1S/C13H23NO3/c1-8(2)10(4)12(15)14-6-9(3)5-11(7-14)13(16)17/h8-11H,5-7H2,1-4H3,(H,16,17). The molecule has 98 valence electrons. The lowest BCUT2D eigenvalue weighted by molar-refractivity contribution is -0.148. The number of amides is 1. The molecule has 4 nitrogen and oxygen atoms in total. The van der Waals surface area contributed by atoms with Crippen LogP contribution in [0.4, 0.5) is 0 Å². The van der Waals surface area contributed by atoms with Crippen molar-refractivity contribution in [3.05, 3.63) is 0 Å². The number of likely N-dealkylation sites (tertiary alicyclic amines) is 1. The Bertz CT molecular complexity index is 301. The SMILES string of the molecule is CC1CC(C(=O)O)CN(C(=O)C(C)C(C)C)C1. The number of hydrogen-bond donors (Lipinski definition) is 1. The molecule has 0 saturated carbocycles. The van der Waals surface area contributed by atoms with Crippen molar-refractivity contribution in [1.82, 2.24) is 4.90 Å². The van der Waals surface area contributed by atoms with Crippen LogP contribution in [0, 0.1) is 23.7 Å². The maximum absolute atomic E-state index is 12.2. The first kappa shape index (κ1) is 14.0. The van der Waals surface area contributed by atoms with Gasteiger partial charge in [0.2, 0.25) is 5.91 Å². The largest absolute Gasteiger partial charge is 0.481 e. The van der Waals surface area contributed by atoms with E-state index in [1.165, 1.54) is 0 Å². The molecular formula is C13H23NO3. The summed E-state index contributed by atoms with van der Waals surface area (Å²) in [5, 5.41) is 9.07. The molecule has 1 aliphatic heterocycles. The third-order valence-corrected chi connectivity index (χ3v) is 3.71. The van der Waals surface area contributed by atoms with Gasteiger partial charge in [-0.1, -0.05) is 27.7 Å². The third kappa shape index (κ3) is 3.45. The summed E-state index contributed by atoms with van der Waals surface area (Å²) in [6.45, 7) is 9.03. The third-order valence-electron chi connectivity index (χ3n) is 3.71. The predicted molar refractivity (Wildman–Crippen MR) is 65.5 cm³/mol. The number of carboxylic acids is 1. The highest BCUT2D eigenvalue weighted by atomic mass is 16.4. The Kier molecular flexibility index (Phi) is 4.54. The highest BCUT2D eigenvalue weighted by Gasteiger charge is 2.33. The lowest BCUT2D eigenvalue weighted by Crippen LogP contribution is -2.48. The maximum Gasteiger partial charge on any atom is 0.308 e. The van der Waals surface area contributed by atoms with Crippen molar-refractivity contribution >= 4 is 11.9 Å². The molecule has 0 aromatic heterocycles. The van der Waals surface area contributed by atoms with Gasteiger partial charge in [-0.3, -0.25) is 9.59 Å². The van der Waals surface area contributed by atoms with Gasteiger partial charge >= 0.3 is 5.97 Å². The average Bonchev–Trinajstić information content (AvgIpc) is 2.25. The summed E-state index contributed by atoms with van der Waals surface area (Å²) in [7, 11) is 0. The summed E-state index contributed by atoms with van der Waals surface area (Å²) >= 11 is 0. The van der Waals surface area contributed by atoms with Crippen molar-refractivity contribution in [2.24, 2.45) is 23.7 Å². The minimum absolute atomic E-state index is 0.0326. The zero-order valence-electron chi connectivity index (χ0n) is 11.1. The van der Waals surface area contributed by atoms with E-state index in [-0.39, 0.29) is 17.7 Å². The van der Waals surface area contributed by atoms with Crippen LogP contribution in [0.1, 0.15) is 34.1 Å². The number of carboxylic acid groups (broad SMARTS) is 1. The minimum atomic E-state index is -0.786. The number of aliphatic carboxylic acids is 1. The molecule has 0 aliphatic carbocycles. The normalized spacial score (nSPS) is 27.0. The quantitative estimate of drug-likeness (QED) is 0.820. The van der Waals surface area contributed by atoms with Gasteiger partial charge < -0.3 is 10.0 Å². The molecule has 1 aliphatic rings. The van der Waals surface area contributed by atoms with Crippen molar-refractivity contribution < 1.29 is 14.7 Å². The summed E-state index contributed by atoms with van der Waals surface area (Å²) in [4.78, 5) is 25.0. The zero-order valence-corrected chi connectivity index (χ0v) is 11.1. The molecule has 17 heavy (non-hydrogen) atoms. The summed E-state index contributed by atoms with van der Waals surface area (Å²) in [5.74, 6) is -0.558. The van der Waals surface area contributed by atoms with Gasteiger partial charge in [0.1, 0.15) is 0 Å². The van der Waals surface area contributed by atoms with Gasteiger partial charge in [-0.25, -0.2) is 0 Å². The summed E-state index contributed by atoms with van der Waals surface area (Å²) in [6, 6.07) is 0. The Morgan fingerprint density at radius 1 is 1.24 bits per heavy atom. The Morgan fingerprint density at radius 2 is 1.82 bits per heavy atom. The fourth-order valence-electron chi connectivity index (χ4n) is 2.28. The number of carbonyl (C=O) groups is 2. The first-order chi connectivity index (χ1) is 7.82. The van der Waals surface area contributed by atoms with Crippen LogP contribution >= 0.6 is 0 Å². The van der Waals surface area contributed by atoms with Gasteiger partial charge in [-0.2, -0.15) is 0 Å². The Labute approximate surface area is 103 Å². The minimum Gasteiger partial charge on any atom is -0.481 e. The molecule has 1 amide bonds. The molecule has 1 saturated heterocycles. The van der Waals surface area contributed by atoms with Gasteiger partial charge in [0.15, 0.2) is 0 Å². The monoisotopic (exact) mass is 241 g/mol. The fraction of sp³-hybridized carbons (Fsp3) is 0.846. The van der Waals surface area contributed by atoms with Crippen molar-refractivity contribution in [3.63, 3.8) is 0 Å². The second-order valence-electron chi connectivity index (χ2n) is 5.65. The molecule has 3 atom stereocenters. The number of rotatable bonds is 3. The van der Waals surface area contributed by atoms with Gasteiger partial charge in [0, 0.05) is 19.0 Å². The molecule has 0 bridgehead atoms. The van der Waals surface area contributed by atoms with E-state index in [1.807, 2.05) is 27.7 Å². The second-order valence-corrected chi connectivity index (χ2v) is 5.65. The van der Waals surface area contributed by atoms with Crippen LogP contribution in [0.25, 0.3) is 0 Å². The Morgan fingerprint density at radius 3 is 2.29 bits per heavy atom. The van der Waals surface area contributed by atoms with Crippen LogP contribution in [-0.4, -0.2) is 35.0 Å². The molecule has 0 aromatic rings. The first-order valence-electron chi connectivity index (χ1n) is 6.34. The van der Waals surface area contributed by atoms with Crippen molar-refractivity contribution in [2.45, 2.75) is 34.1 Å². The molecular weight excluding hydrogens is 218 g/mol. The van der Waals surface area contributed by atoms with Gasteiger partial charge in [0.05, 0.1) is 5.92 Å². The molecule has 1 N–H and O–H groups in total. The van der Waals surface area contributed by atoms with E-state index in [9.17, 15) is 9.59 Å². The Hall–Kier alpha value is -1.06. The molecule has 1 rings (SSSR count). The molecule has 1 fully saturated rings. The molecule has 0 spiro atoms. The summed E-state index contributed by atoms with van der Waals surface area (Å²) in [6.07, 6.45) is 0.676. The van der Waals surface area contributed by atoms with E-state index in [2.05, 4.69) is 0 Å². The van der Waals surface area contributed by atoms with Gasteiger partial charge in [-0.05, 0) is 18.3 Å². The van der Waals surface area contributed by atoms with E-state index in [4.69, 9.17) is 5.11 Å². The van der Waals surface area contributed by atoms with Gasteiger partial charge in [-0.15, -0.1) is 0 Å². The molecule has 1 heterocycles. The summed E-state index contributed by atoms with van der Waals surface area (Å²) in [5.41, 5.74) is 0. The lowest BCUT2D eigenvalue weighted by Gasteiger charge is -2.36. The first-order valence-corrected chi connectivity index (χ1v) is 6.34. The number of hydrogen-bond acceptors (Lipinski definition) is 2. The molecule has 3 unspecified atom stereocenters. The van der Waals surface area contributed by atoms with Crippen LogP contribution in [0.2, 0.25) is 0 Å². The van der Waals surface area contributed by atoms with E-state index >= 15 is 0 Å². The highest BCUT2D eigenvalue weighted by molar-refractivity contribution is 5.80. The average molecular weight is 241 g/mol. The van der Waals surface area contributed by atoms with Crippen LogP contribution in [-0.2, 0) is 9.59 Å². The number of nitrogens with zero attached hydrogens (tertiary/aromatic N) is 1. The van der Waals surface area contributed by atoms with Crippen molar-refractivity contribution in [3.8, 4) is 0 Å². The topological polar surface area (TPSA) is 57.6 Å². The maximum atomic E-state index is 12.2. The highest BCUT2D eigenvalue weighted by Crippen LogP contribution is 2.24. The number of piperidine rings is 1.